The maximum Gasteiger partial charge on any atom is 0.162 e. The van der Waals surface area contributed by atoms with Crippen molar-refractivity contribution >= 4 is 54.4 Å². The summed E-state index contributed by atoms with van der Waals surface area (Å²) in [5.74, 6) is 1.54. The summed E-state index contributed by atoms with van der Waals surface area (Å²) in [6.45, 7) is 0. The van der Waals surface area contributed by atoms with Crippen LogP contribution in [0, 0.1) is 0 Å². The van der Waals surface area contributed by atoms with Crippen LogP contribution in [0.1, 0.15) is 0 Å². The molecule has 4 heteroatoms. The molecule has 0 saturated heterocycles. The monoisotopic (exact) mass is 612 g/mol. The van der Waals surface area contributed by atoms with Gasteiger partial charge in [0.2, 0.25) is 0 Å². The second kappa shape index (κ2) is 10.5. The number of rotatable bonds is 4. The van der Waals surface area contributed by atoms with Gasteiger partial charge >= 0.3 is 0 Å². The van der Waals surface area contributed by atoms with Crippen LogP contribution in [0.5, 0.6) is 0 Å². The molecule has 0 atom stereocenters. The molecule has 0 radical (unpaired) electrons. The minimum absolute atomic E-state index is 0.698. The molecular weight excluding hydrogens is 585 g/mol. The molecule has 224 valence electrons. The van der Waals surface area contributed by atoms with Crippen LogP contribution in [0.15, 0.2) is 170 Å². The van der Waals surface area contributed by atoms with Gasteiger partial charge < -0.3 is 4.57 Å². The van der Waals surface area contributed by atoms with E-state index in [2.05, 4.69) is 155 Å². The van der Waals surface area contributed by atoms with Crippen molar-refractivity contribution in [2.45, 2.75) is 0 Å². The third-order valence-corrected chi connectivity index (χ3v) is 9.49. The minimum atomic E-state index is 0.698. The van der Waals surface area contributed by atoms with Gasteiger partial charge in [0.15, 0.2) is 5.82 Å². The molecule has 10 aromatic rings. The van der Waals surface area contributed by atoms with Gasteiger partial charge in [-0.1, -0.05) is 140 Å². The molecule has 10 rings (SSSR count). The van der Waals surface area contributed by atoms with Crippen molar-refractivity contribution in [2.75, 3.05) is 0 Å². The molecule has 7 aromatic carbocycles. The maximum absolute atomic E-state index is 5.32. The van der Waals surface area contributed by atoms with E-state index in [0.717, 1.165) is 39.4 Å². The summed E-state index contributed by atoms with van der Waals surface area (Å²) in [6.07, 6.45) is 0. The number of para-hydroxylation sites is 3. The van der Waals surface area contributed by atoms with E-state index in [1.807, 2.05) is 24.3 Å². The van der Waals surface area contributed by atoms with Crippen LogP contribution in [-0.4, -0.2) is 19.1 Å². The lowest BCUT2D eigenvalue weighted by Crippen LogP contribution is -2.03. The Morgan fingerprint density at radius 1 is 0.375 bits per heavy atom. The summed E-state index contributed by atoms with van der Waals surface area (Å²) in [4.78, 5) is 10.4. The number of hydrogen-bond donors (Lipinski definition) is 0. The van der Waals surface area contributed by atoms with Crippen LogP contribution < -0.4 is 0 Å². The van der Waals surface area contributed by atoms with Gasteiger partial charge in [0.1, 0.15) is 5.82 Å². The number of hydrogen-bond acceptors (Lipinski definition) is 2. The topological polar surface area (TPSA) is 35.6 Å². The summed E-state index contributed by atoms with van der Waals surface area (Å²) >= 11 is 0. The van der Waals surface area contributed by atoms with Gasteiger partial charge in [-0.3, -0.25) is 4.57 Å². The summed E-state index contributed by atoms with van der Waals surface area (Å²) in [5, 5.41) is 7.28. The molecular formula is C44H28N4. The van der Waals surface area contributed by atoms with E-state index in [1.165, 1.54) is 43.4 Å². The molecule has 3 heterocycles. The van der Waals surface area contributed by atoms with Gasteiger partial charge in [0.05, 0.1) is 27.8 Å². The van der Waals surface area contributed by atoms with Crippen LogP contribution in [0.4, 0.5) is 0 Å². The van der Waals surface area contributed by atoms with Crippen molar-refractivity contribution in [2.24, 2.45) is 0 Å². The number of aromatic nitrogens is 4. The zero-order valence-electron chi connectivity index (χ0n) is 26.0. The zero-order chi connectivity index (χ0) is 31.6. The van der Waals surface area contributed by atoms with Crippen LogP contribution in [0.25, 0.3) is 88.5 Å². The molecule has 0 amide bonds. The molecule has 0 aliphatic rings. The van der Waals surface area contributed by atoms with Gasteiger partial charge in [0.25, 0.3) is 0 Å². The first-order valence-corrected chi connectivity index (χ1v) is 16.3. The van der Waals surface area contributed by atoms with Gasteiger partial charge in [-0.25, -0.2) is 9.97 Å². The molecule has 0 aliphatic carbocycles. The Kier molecular flexibility index (Phi) is 5.84. The SMILES string of the molecule is c1ccc(-c2cc(-n3c4ccccc4c4c5c6ccccc6n(-c6ccccc6)c5c5ccccc5c43)nc(-c3ccccc3)n2)cc1. The summed E-state index contributed by atoms with van der Waals surface area (Å²) in [7, 11) is 0. The van der Waals surface area contributed by atoms with Crippen molar-refractivity contribution in [3.63, 3.8) is 0 Å². The lowest BCUT2D eigenvalue weighted by atomic mass is 9.99. The van der Waals surface area contributed by atoms with Crippen LogP contribution in [-0.2, 0) is 0 Å². The standard InChI is InChI=1S/C44H28N4/c1-4-16-29(17-5-1)36-28-39(46-44(45-36)30-18-6-2-7-19-30)48-38-27-15-13-25-35(38)41-40-34-24-12-14-26-37(34)47(31-20-8-3-9-21-31)42(40)32-22-10-11-23-33(32)43(41)48/h1-28H. The van der Waals surface area contributed by atoms with Gasteiger partial charge in [0, 0.05) is 55.2 Å². The fourth-order valence-electron chi connectivity index (χ4n) is 7.50. The highest BCUT2D eigenvalue weighted by Gasteiger charge is 2.25. The summed E-state index contributed by atoms with van der Waals surface area (Å²) in [5.41, 5.74) is 8.72. The highest BCUT2D eigenvalue weighted by atomic mass is 15.1. The highest BCUT2D eigenvalue weighted by molar-refractivity contribution is 6.37. The second-order valence-corrected chi connectivity index (χ2v) is 12.2. The Morgan fingerprint density at radius 3 is 1.44 bits per heavy atom. The molecule has 0 saturated carbocycles. The van der Waals surface area contributed by atoms with Crippen molar-refractivity contribution < 1.29 is 0 Å². The second-order valence-electron chi connectivity index (χ2n) is 12.2. The Hall–Kier alpha value is -6.52. The predicted octanol–water partition coefficient (Wildman–Crippen LogP) is 11.2. The zero-order valence-corrected chi connectivity index (χ0v) is 26.0. The van der Waals surface area contributed by atoms with Crippen LogP contribution >= 0.6 is 0 Å². The molecule has 0 aliphatic heterocycles. The van der Waals surface area contributed by atoms with Gasteiger partial charge in [-0.15, -0.1) is 0 Å². The Balaban J connectivity index is 1.43. The van der Waals surface area contributed by atoms with Gasteiger partial charge in [-0.05, 0) is 24.3 Å². The number of fused-ring (bicyclic) bond motifs is 10. The third kappa shape index (κ3) is 3.90. The normalized spacial score (nSPS) is 11.8. The average Bonchev–Trinajstić information content (AvgIpc) is 3.70. The number of benzene rings is 7. The van der Waals surface area contributed by atoms with Crippen molar-refractivity contribution in [3.05, 3.63) is 170 Å². The molecule has 0 fully saturated rings. The average molecular weight is 613 g/mol. The van der Waals surface area contributed by atoms with Gasteiger partial charge in [-0.2, -0.15) is 0 Å². The summed E-state index contributed by atoms with van der Waals surface area (Å²) < 4.78 is 4.80. The predicted molar refractivity (Wildman–Crippen MR) is 199 cm³/mol. The first-order chi connectivity index (χ1) is 23.8. The smallest absolute Gasteiger partial charge is 0.162 e. The molecule has 0 unspecified atom stereocenters. The molecule has 3 aromatic heterocycles. The fraction of sp³-hybridized carbons (Fsp3) is 0. The van der Waals surface area contributed by atoms with E-state index in [4.69, 9.17) is 9.97 Å². The van der Waals surface area contributed by atoms with Crippen molar-refractivity contribution in [1.82, 2.24) is 19.1 Å². The van der Waals surface area contributed by atoms with E-state index < -0.39 is 0 Å². The third-order valence-electron chi connectivity index (χ3n) is 9.49. The largest absolute Gasteiger partial charge is 0.309 e. The van der Waals surface area contributed by atoms with E-state index in [0.29, 0.717) is 5.82 Å². The Labute approximate surface area is 276 Å². The van der Waals surface area contributed by atoms with Crippen LogP contribution in [0.2, 0.25) is 0 Å². The highest BCUT2D eigenvalue weighted by Crippen LogP contribution is 2.46. The lowest BCUT2D eigenvalue weighted by molar-refractivity contribution is 1.05. The maximum atomic E-state index is 5.32. The molecule has 4 nitrogen and oxygen atoms in total. The first kappa shape index (κ1) is 26.7. The van der Waals surface area contributed by atoms with Crippen molar-refractivity contribution in [1.29, 1.82) is 0 Å². The molecule has 48 heavy (non-hydrogen) atoms. The first-order valence-electron chi connectivity index (χ1n) is 16.3. The van der Waals surface area contributed by atoms with E-state index in [-0.39, 0.29) is 0 Å². The fourth-order valence-corrected chi connectivity index (χ4v) is 7.50. The van der Waals surface area contributed by atoms with Crippen LogP contribution in [0.3, 0.4) is 0 Å². The van der Waals surface area contributed by atoms with Crippen molar-refractivity contribution in [3.8, 4) is 34.2 Å². The molecule has 0 N–H and O–H groups in total. The van der Waals surface area contributed by atoms with E-state index in [1.54, 1.807) is 0 Å². The quantitative estimate of drug-likeness (QED) is 0.198. The lowest BCUT2D eigenvalue weighted by Gasteiger charge is -2.14. The summed E-state index contributed by atoms with van der Waals surface area (Å²) in [6, 6.07) is 59.9. The molecule has 0 spiro atoms. The number of nitrogens with zero attached hydrogens (tertiary/aromatic N) is 4. The molecule has 0 bridgehead atoms. The Bertz CT molecular complexity index is 2760. The van der Waals surface area contributed by atoms with E-state index >= 15 is 0 Å². The Morgan fingerprint density at radius 2 is 0.833 bits per heavy atom. The van der Waals surface area contributed by atoms with E-state index in [9.17, 15) is 0 Å². The minimum Gasteiger partial charge on any atom is -0.309 e.